The Morgan fingerprint density at radius 3 is 2.73 bits per heavy atom. The molecule has 7 nitrogen and oxygen atoms in total. The molecule has 1 aliphatic rings. The van der Waals surface area contributed by atoms with Crippen molar-refractivity contribution >= 4 is 45.7 Å². The van der Waals surface area contributed by atoms with Crippen molar-refractivity contribution in [3.63, 3.8) is 0 Å². The SMILES string of the molecule is OCc1cnc2c(NCCN3CCOCC3)nc3cc(Cl)c(Cl)cc3n12. The summed E-state index contributed by atoms with van der Waals surface area (Å²) in [6.45, 7) is 4.92. The molecule has 3 aromatic rings. The van der Waals surface area contributed by atoms with Crippen LogP contribution in [-0.4, -0.2) is 63.8 Å². The molecule has 2 N–H and O–H groups in total. The molecule has 4 rings (SSSR count). The molecule has 1 saturated heterocycles. The van der Waals surface area contributed by atoms with Gasteiger partial charge >= 0.3 is 0 Å². The number of ether oxygens (including phenoxy) is 1. The summed E-state index contributed by atoms with van der Waals surface area (Å²) in [4.78, 5) is 11.4. The first-order valence-electron chi connectivity index (χ1n) is 8.47. The summed E-state index contributed by atoms with van der Waals surface area (Å²) in [7, 11) is 0. The van der Waals surface area contributed by atoms with Gasteiger partial charge in [-0.15, -0.1) is 0 Å². The first-order valence-corrected chi connectivity index (χ1v) is 9.23. The molecule has 0 radical (unpaired) electrons. The fourth-order valence-electron chi connectivity index (χ4n) is 3.18. The molecule has 0 aliphatic carbocycles. The molecule has 138 valence electrons. The number of imidazole rings is 1. The number of nitrogens with zero attached hydrogens (tertiary/aromatic N) is 4. The van der Waals surface area contributed by atoms with Crippen molar-refractivity contribution in [2.24, 2.45) is 0 Å². The van der Waals surface area contributed by atoms with Crippen molar-refractivity contribution < 1.29 is 9.84 Å². The van der Waals surface area contributed by atoms with Crippen LogP contribution in [-0.2, 0) is 11.3 Å². The molecule has 1 aromatic carbocycles. The van der Waals surface area contributed by atoms with Crippen LogP contribution in [0.1, 0.15) is 5.69 Å². The molecule has 0 spiro atoms. The molecule has 0 bridgehead atoms. The lowest BCUT2D eigenvalue weighted by Crippen LogP contribution is -2.39. The number of rotatable bonds is 5. The average Bonchev–Trinajstić information content (AvgIpc) is 3.09. The summed E-state index contributed by atoms with van der Waals surface area (Å²) in [5.74, 6) is 0.656. The van der Waals surface area contributed by atoms with Crippen LogP contribution in [0.15, 0.2) is 18.3 Å². The van der Waals surface area contributed by atoms with Gasteiger partial charge in [0.2, 0.25) is 0 Å². The minimum absolute atomic E-state index is 0.131. The third kappa shape index (κ3) is 3.33. The van der Waals surface area contributed by atoms with Gasteiger partial charge in [-0.1, -0.05) is 23.2 Å². The quantitative estimate of drug-likeness (QED) is 0.690. The number of hydrogen-bond donors (Lipinski definition) is 2. The molecule has 1 fully saturated rings. The highest BCUT2D eigenvalue weighted by Crippen LogP contribution is 2.30. The molecule has 0 unspecified atom stereocenters. The monoisotopic (exact) mass is 395 g/mol. The lowest BCUT2D eigenvalue weighted by molar-refractivity contribution is 0.0398. The van der Waals surface area contributed by atoms with Crippen LogP contribution in [0.3, 0.4) is 0 Å². The summed E-state index contributed by atoms with van der Waals surface area (Å²) in [6, 6.07) is 3.48. The molecule has 1 aliphatic heterocycles. The number of aliphatic hydroxyl groups excluding tert-OH is 1. The van der Waals surface area contributed by atoms with E-state index in [0.29, 0.717) is 32.7 Å². The Bertz CT molecular complexity index is 940. The van der Waals surface area contributed by atoms with Crippen LogP contribution >= 0.6 is 23.2 Å². The number of morpholine rings is 1. The van der Waals surface area contributed by atoms with Crippen LogP contribution in [0, 0.1) is 0 Å². The molecule has 26 heavy (non-hydrogen) atoms. The summed E-state index contributed by atoms with van der Waals surface area (Å²) >= 11 is 12.3. The number of aliphatic hydroxyl groups is 1. The average molecular weight is 396 g/mol. The van der Waals surface area contributed by atoms with Crippen molar-refractivity contribution in [3.8, 4) is 0 Å². The number of aromatic nitrogens is 3. The van der Waals surface area contributed by atoms with E-state index in [1.807, 2.05) is 4.40 Å². The normalized spacial score (nSPS) is 15.8. The van der Waals surface area contributed by atoms with Crippen molar-refractivity contribution in [1.29, 1.82) is 0 Å². The number of benzene rings is 1. The molecule has 0 amide bonds. The van der Waals surface area contributed by atoms with Gasteiger partial charge < -0.3 is 15.2 Å². The standard InChI is InChI=1S/C17H19Cl2N5O2/c18-12-7-14-15(8-13(12)19)24-11(10-25)9-21-17(24)16(22-14)20-1-2-23-3-5-26-6-4-23/h7-9,25H,1-6,10H2,(H,20,22). The second-order valence-corrected chi connectivity index (χ2v) is 6.98. The van der Waals surface area contributed by atoms with Gasteiger partial charge in [-0.3, -0.25) is 9.30 Å². The topological polar surface area (TPSA) is 74.9 Å². The fraction of sp³-hybridized carbons (Fsp3) is 0.412. The number of anilines is 1. The second-order valence-electron chi connectivity index (χ2n) is 6.16. The third-order valence-corrected chi connectivity index (χ3v) is 5.25. The molecule has 0 saturated carbocycles. The van der Waals surface area contributed by atoms with Crippen LogP contribution in [0.2, 0.25) is 10.0 Å². The smallest absolute Gasteiger partial charge is 0.180 e. The minimum Gasteiger partial charge on any atom is -0.390 e. The zero-order valence-electron chi connectivity index (χ0n) is 14.1. The van der Waals surface area contributed by atoms with Crippen LogP contribution in [0.4, 0.5) is 5.82 Å². The predicted octanol–water partition coefficient (Wildman–Crippen LogP) is 2.43. The maximum Gasteiger partial charge on any atom is 0.180 e. The van der Waals surface area contributed by atoms with Gasteiger partial charge in [0.15, 0.2) is 11.5 Å². The highest BCUT2D eigenvalue weighted by Gasteiger charge is 2.15. The largest absolute Gasteiger partial charge is 0.390 e. The Hall–Kier alpha value is -1.64. The van der Waals surface area contributed by atoms with E-state index in [1.54, 1.807) is 18.3 Å². The van der Waals surface area contributed by atoms with E-state index in [2.05, 4.69) is 20.2 Å². The van der Waals surface area contributed by atoms with E-state index in [4.69, 9.17) is 27.9 Å². The first-order chi connectivity index (χ1) is 12.7. The predicted molar refractivity (Wildman–Crippen MR) is 102 cm³/mol. The molecular formula is C17H19Cl2N5O2. The van der Waals surface area contributed by atoms with E-state index < -0.39 is 0 Å². The Kier molecular flexibility index (Phi) is 5.15. The van der Waals surface area contributed by atoms with E-state index in [9.17, 15) is 5.11 Å². The maximum absolute atomic E-state index is 9.67. The number of nitrogens with one attached hydrogen (secondary N) is 1. The zero-order chi connectivity index (χ0) is 18.1. The molecule has 9 heteroatoms. The van der Waals surface area contributed by atoms with Crippen LogP contribution in [0.25, 0.3) is 16.7 Å². The number of fused-ring (bicyclic) bond motifs is 3. The summed E-state index contributed by atoms with van der Waals surface area (Å²) in [5, 5.41) is 13.9. The fourth-order valence-corrected chi connectivity index (χ4v) is 3.49. The summed E-state index contributed by atoms with van der Waals surface area (Å²) in [5.41, 5.74) is 2.77. The van der Waals surface area contributed by atoms with E-state index >= 15 is 0 Å². The summed E-state index contributed by atoms with van der Waals surface area (Å²) < 4.78 is 7.23. The Morgan fingerprint density at radius 1 is 1.19 bits per heavy atom. The van der Waals surface area contributed by atoms with E-state index in [-0.39, 0.29) is 6.61 Å². The second kappa shape index (κ2) is 7.54. The third-order valence-electron chi connectivity index (χ3n) is 4.52. The highest BCUT2D eigenvalue weighted by atomic mass is 35.5. The molecular weight excluding hydrogens is 377 g/mol. The lowest BCUT2D eigenvalue weighted by atomic mass is 10.3. The van der Waals surface area contributed by atoms with Crippen LogP contribution < -0.4 is 5.32 Å². The van der Waals surface area contributed by atoms with Crippen molar-refractivity contribution in [2.75, 3.05) is 44.7 Å². The molecule has 0 atom stereocenters. The Labute approximate surface area is 160 Å². The minimum atomic E-state index is -0.131. The van der Waals surface area contributed by atoms with E-state index in [1.165, 1.54) is 0 Å². The summed E-state index contributed by atoms with van der Waals surface area (Å²) in [6.07, 6.45) is 1.64. The maximum atomic E-state index is 9.67. The first kappa shape index (κ1) is 17.8. The van der Waals surface area contributed by atoms with Crippen molar-refractivity contribution in [2.45, 2.75) is 6.61 Å². The molecule has 3 heterocycles. The van der Waals surface area contributed by atoms with Gasteiger partial charge in [-0.2, -0.15) is 0 Å². The Balaban J connectivity index is 1.68. The number of halogens is 2. The number of hydrogen-bond acceptors (Lipinski definition) is 6. The highest BCUT2D eigenvalue weighted by molar-refractivity contribution is 6.42. The van der Waals surface area contributed by atoms with Crippen molar-refractivity contribution in [3.05, 3.63) is 34.1 Å². The van der Waals surface area contributed by atoms with Gasteiger partial charge in [0.05, 0.1) is 52.8 Å². The molecule has 2 aromatic heterocycles. The van der Waals surface area contributed by atoms with Gasteiger partial charge in [-0.05, 0) is 12.1 Å². The van der Waals surface area contributed by atoms with Gasteiger partial charge in [0.1, 0.15) is 0 Å². The Morgan fingerprint density at radius 2 is 1.96 bits per heavy atom. The zero-order valence-corrected chi connectivity index (χ0v) is 15.6. The van der Waals surface area contributed by atoms with Crippen molar-refractivity contribution in [1.82, 2.24) is 19.3 Å². The van der Waals surface area contributed by atoms with Gasteiger partial charge in [-0.25, -0.2) is 9.97 Å². The van der Waals surface area contributed by atoms with Gasteiger partial charge in [0, 0.05) is 26.2 Å². The van der Waals surface area contributed by atoms with Gasteiger partial charge in [0.25, 0.3) is 0 Å². The van der Waals surface area contributed by atoms with E-state index in [0.717, 1.165) is 44.9 Å². The van der Waals surface area contributed by atoms with Crippen LogP contribution in [0.5, 0.6) is 0 Å². The lowest BCUT2D eigenvalue weighted by Gasteiger charge is -2.26.